The molecule has 112 valence electrons. The van der Waals surface area contributed by atoms with E-state index in [9.17, 15) is 9.90 Å². The number of aromatic nitrogens is 2. The number of pyridine rings is 1. The molecule has 0 aliphatic heterocycles. The van der Waals surface area contributed by atoms with Crippen LogP contribution in [-0.2, 0) is 6.54 Å². The number of aromatic carboxylic acids is 1. The van der Waals surface area contributed by atoms with E-state index in [4.69, 9.17) is 4.74 Å². The molecule has 0 radical (unpaired) electrons. The van der Waals surface area contributed by atoms with Gasteiger partial charge < -0.3 is 15.2 Å². The second-order valence-corrected chi connectivity index (χ2v) is 5.33. The minimum absolute atomic E-state index is 0.0668. The molecule has 1 saturated carbocycles. The van der Waals surface area contributed by atoms with Crippen molar-refractivity contribution in [3.05, 3.63) is 29.7 Å². The predicted octanol–water partition coefficient (Wildman–Crippen LogP) is 2.07. The Hall–Kier alpha value is -2.08. The Balaban J connectivity index is 1.97. The monoisotopic (exact) mass is 289 g/mol. The Morgan fingerprint density at radius 2 is 2.24 bits per heavy atom. The highest BCUT2D eigenvalue weighted by Gasteiger charge is 2.20. The van der Waals surface area contributed by atoms with Crippen molar-refractivity contribution >= 4 is 11.5 Å². The van der Waals surface area contributed by atoms with Crippen LogP contribution < -0.4 is 10.1 Å². The van der Waals surface area contributed by atoms with Gasteiger partial charge >= 0.3 is 5.97 Å². The Morgan fingerprint density at radius 3 is 2.90 bits per heavy atom. The number of hydrogen-bond acceptors (Lipinski definition) is 4. The molecule has 21 heavy (non-hydrogen) atoms. The molecule has 0 saturated heterocycles. The van der Waals surface area contributed by atoms with Gasteiger partial charge in [-0.05, 0) is 25.0 Å². The average molecular weight is 289 g/mol. The van der Waals surface area contributed by atoms with Crippen LogP contribution in [-0.4, -0.2) is 33.6 Å². The third-order valence-electron chi connectivity index (χ3n) is 4.01. The Kier molecular flexibility index (Phi) is 3.79. The second kappa shape index (κ2) is 5.73. The summed E-state index contributed by atoms with van der Waals surface area (Å²) in [7, 11) is 1.57. The van der Waals surface area contributed by atoms with Crippen LogP contribution in [0.1, 0.15) is 42.0 Å². The van der Waals surface area contributed by atoms with Gasteiger partial charge in [0.15, 0.2) is 11.6 Å². The van der Waals surface area contributed by atoms with Crippen LogP contribution in [0.25, 0.3) is 5.52 Å². The normalized spacial score (nSPS) is 15.7. The molecule has 2 heterocycles. The van der Waals surface area contributed by atoms with E-state index in [1.54, 1.807) is 29.7 Å². The van der Waals surface area contributed by atoms with E-state index in [1.807, 2.05) is 0 Å². The minimum atomic E-state index is -1.02. The fourth-order valence-corrected chi connectivity index (χ4v) is 2.98. The van der Waals surface area contributed by atoms with E-state index >= 15 is 0 Å². The van der Waals surface area contributed by atoms with E-state index in [0.717, 1.165) is 0 Å². The summed E-state index contributed by atoms with van der Waals surface area (Å²) in [6.07, 6.45) is 4.85. The Labute approximate surface area is 122 Å². The lowest BCUT2D eigenvalue weighted by Gasteiger charge is -2.12. The number of fused-ring (bicyclic) bond motifs is 1. The molecule has 2 aromatic rings. The van der Waals surface area contributed by atoms with Gasteiger partial charge in [0.05, 0.1) is 19.2 Å². The molecule has 0 atom stereocenters. The number of methoxy groups -OCH3 is 1. The third kappa shape index (κ3) is 2.58. The van der Waals surface area contributed by atoms with Crippen LogP contribution in [0.2, 0.25) is 0 Å². The maximum absolute atomic E-state index is 11.4. The van der Waals surface area contributed by atoms with Crippen molar-refractivity contribution in [2.75, 3.05) is 7.11 Å². The van der Waals surface area contributed by atoms with Gasteiger partial charge in [-0.3, -0.25) is 4.40 Å². The van der Waals surface area contributed by atoms with Gasteiger partial charge in [0.25, 0.3) is 0 Å². The lowest BCUT2D eigenvalue weighted by atomic mass is 10.2. The Bertz CT molecular complexity index is 659. The smallest absolute Gasteiger partial charge is 0.356 e. The van der Waals surface area contributed by atoms with Crippen LogP contribution in [0.5, 0.6) is 5.88 Å². The van der Waals surface area contributed by atoms with Crippen molar-refractivity contribution in [2.45, 2.75) is 38.3 Å². The molecule has 1 aliphatic carbocycles. The molecule has 0 aromatic carbocycles. The van der Waals surface area contributed by atoms with Gasteiger partial charge in [0.2, 0.25) is 0 Å². The largest absolute Gasteiger partial charge is 0.482 e. The van der Waals surface area contributed by atoms with Crippen LogP contribution in [0, 0.1) is 0 Å². The van der Waals surface area contributed by atoms with Gasteiger partial charge in [-0.1, -0.05) is 18.9 Å². The summed E-state index contributed by atoms with van der Waals surface area (Å²) in [5.41, 5.74) is 0.627. The number of carboxylic acids is 1. The maximum atomic E-state index is 11.4. The standard InChI is InChI=1S/C15H19N3O3/c1-21-13-8-4-7-11-14(15(19)20)17-12(18(11)13)9-16-10-5-2-3-6-10/h4,7-8,10,16H,2-3,5-6,9H2,1H3,(H,19,20). The zero-order valence-corrected chi connectivity index (χ0v) is 12.0. The number of carbonyl (C=O) groups is 1. The molecule has 6 heteroatoms. The van der Waals surface area contributed by atoms with Gasteiger partial charge in [-0.15, -0.1) is 0 Å². The lowest BCUT2D eigenvalue weighted by molar-refractivity contribution is 0.0693. The number of nitrogens with one attached hydrogen (secondary N) is 1. The number of hydrogen-bond donors (Lipinski definition) is 2. The molecule has 0 bridgehead atoms. The summed E-state index contributed by atoms with van der Waals surface area (Å²) in [6, 6.07) is 5.83. The molecule has 2 N–H and O–H groups in total. The summed E-state index contributed by atoms with van der Waals surface area (Å²) in [4.78, 5) is 15.6. The van der Waals surface area contributed by atoms with E-state index in [-0.39, 0.29) is 5.69 Å². The number of rotatable bonds is 5. The first kappa shape index (κ1) is 13.9. The molecule has 3 rings (SSSR count). The third-order valence-corrected chi connectivity index (χ3v) is 4.01. The van der Waals surface area contributed by atoms with Gasteiger partial charge in [-0.25, -0.2) is 9.78 Å². The number of imidazole rings is 1. The first-order chi connectivity index (χ1) is 10.2. The summed E-state index contributed by atoms with van der Waals surface area (Å²) in [5, 5.41) is 12.8. The molecular weight excluding hydrogens is 270 g/mol. The average Bonchev–Trinajstić information content (AvgIpc) is 3.12. The van der Waals surface area contributed by atoms with Crippen molar-refractivity contribution in [2.24, 2.45) is 0 Å². The SMILES string of the molecule is COc1cccc2c(C(=O)O)nc(CNC3CCCC3)n12. The summed E-state index contributed by atoms with van der Waals surface area (Å²) >= 11 is 0. The highest BCUT2D eigenvalue weighted by Crippen LogP contribution is 2.22. The van der Waals surface area contributed by atoms with Crippen molar-refractivity contribution in [3.8, 4) is 5.88 Å². The van der Waals surface area contributed by atoms with E-state index < -0.39 is 5.97 Å². The van der Waals surface area contributed by atoms with Gasteiger partial charge in [-0.2, -0.15) is 0 Å². The predicted molar refractivity (Wildman–Crippen MR) is 77.8 cm³/mol. The molecule has 1 aliphatic rings. The van der Waals surface area contributed by atoms with Crippen LogP contribution >= 0.6 is 0 Å². The Morgan fingerprint density at radius 1 is 1.48 bits per heavy atom. The van der Waals surface area contributed by atoms with Crippen molar-refractivity contribution in [1.82, 2.24) is 14.7 Å². The molecule has 0 amide bonds. The van der Waals surface area contributed by atoms with E-state index in [0.29, 0.717) is 29.8 Å². The summed E-state index contributed by atoms with van der Waals surface area (Å²) in [5.74, 6) is 0.246. The highest BCUT2D eigenvalue weighted by molar-refractivity contribution is 5.93. The second-order valence-electron chi connectivity index (χ2n) is 5.33. The van der Waals surface area contributed by atoms with E-state index in [2.05, 4.69) is 10.3 Å². The van der Waals surface area contributed by atoms with Crippen LogP contribution in [0.4, 0.5) is 0 Å². The lowest BCUT2D eigenvalue weighted by Crippen LogP contribution is -2.26. The highest BCUT2D eigenvalue weighted by atomic mass is 16.5. The molecule has 1 fully saturated rings. The molecular formula is C15H19N3O3. The van der Waals surface area contributed by atoms with Crippen LogP contribution in [0.15, 0.2) is 18.2 Å². The number of nitrogens with zero attached hydrogens (tertiary/aromatic N) is 2. The molecule has 6 nitrogen and oxygen atoms in total. The molecule has 0 unspecified atom stereocenters. The van der Waals surface area contributed by atoms with Crippen LogP contribution in [0.3, 0.4) is 0 Å². The summed E-state index contributed by atoms with van der Waals surface area (Å²) in [6.45, 7) is 0.541. The van der Waals surface area contributed by atoms with Crippen molar-refractivity contribution < 1.29 is 14.6 Å². The fourth-order valence-electron chi connectivity index (χ4n) is 2.98. The first-order valence-electron chi connectivity index (χ1n) is 7.21. The zero-order chi connectivity index (χ0) is 14.8. The maximum Gasteiger partial charge on any atom is 0.356 e. The molecule has 2 aromatic heterocycles. The van der Waals surface area contributed by atoms with Crippen molar-refractivity contribution in [1.29, 1.82) is 0 Å². The minimum Gasteiger partial charge on any atom is -0.482 e. The number of carboxylic acid groups (broad SMARTS) is 1. The molecule has 0 spiro atoms. The van der Waals surface area contributed by atoms with Crippen molar-refractivity contribution in [3.63, 3.8) is 0 Å². The van der Waals surface area contributed by atoms with E-state index in [1.165, 1.54) is 25.7 Å². The van der Waals surface area contributed by atoms with Gasteiger partial charge in [0.1, 0.15) is 5.82 Å². The number of ether oxygens (including phenoxy) is 1. The quantitative estimate of drug-likeness (QED) is 0.881. The zero-order valence-electron chi connectivity index (χ0n) is 12.0. The summed E-state index contributed by atoms with van der Waals surface area (Å²) < 4.78 is 7.10. The first-order valence-corrected chi connectivity index (χ1v) is 7.21. The topological polar surface area (TPSA) is 75.9 Å². The fraction of sp³-hybridized carbons (Fsp3) is 0.467. The van der Waals surface area contributed by atoms with Gasteiger partial charge in [0, 0.05) is 6.04 Å².